The molecule has 0 bridgehead atoms. The lowest BCUT2D eigenvalue weighted by molar-refractivity contribution is -0.118. The highest BCUT2D eigenvalue weighted by Gasteiger charge is 2.15. The Morgan fingerprint density at radius 1 is 1.13 bits per heavy atom. The van der Waals surface area contributed by atoms with Gasteiger partial charge < -0.3 is 15.5 Å². The standard InChI is InChI=1S/C27H43NO3/c1-21(26(30)22(2)16-13-19-25-17-11-8-12-18-25)14-9-6-5-7-10-15-23(3)27(31)28-24(4)20-29/h9,14-16,21,24-26,29-30H,7-8,10-13,17-20H2,1-4H3,(H,28,31)/b14-9+,22-16+,23-15+/t21-,24+,26-/m1/s1. The van der Waals surface area contributed by atoms with Crippen molar-refractivity contribution in [2.24, 2.45) is 11.8 Å². The SMILES string of the molecule is C/C(=C\CCC#C/C=C/[C@@H](C)[C@@H](O)/C(C)=C/CCC1CCCCC1)C(=O)N[C@@H](C)CO. The van der Waals surface area contributed by atoms with E-state index in [1.54, 1.807) is 13.8 Å². The molecule has 0 aromatic heterocycles. The molecule has 1 aliphatic carbocycles. The average molecular weight is 430 g/mol. The largest absolute Gasteiger partial charge is 0.394 e. The zero-order valence-corrected chi connectivity index (χ0v) is 20.0. The van der Waals surface area contributed by atoms with Crippen LogP contribution in [0.25, 0.3) is 0 Å². The van der Waals surface area contributed by atoms with Gasteiger partial charge in [-0.25, -0.2) is 0 Å². The van der Waals surface area contributed by atoms with Crippen molar-refractivity contribution in [2.45, 2.75) is 97.6 Å². The van der Waals surface area contributed by atoms with E-state index >= 15 is 0 Å². The lowest BCUT2D eigenvalue weighted by Crippen LogP contribution is -2.35. The number of allylic oxidation sites excluding steroid dienone is 3. The molecule has 1 aliphatic rings. The molecule has 1 saturated carbocycles. The van der Waals surface area contributed by atoms with E-state index in [1.165, 1.54) is 38.5 Å². The van der Waals surface area contributed by atoms with Crippen LogP contribution in [0.5, 0.6) is 0 Å². The number of carbonyl (C=O) groups is 1. The predicted octanol–water partition coefficient (Wildman–Crippen LogP) is 5.07. The summed E-state index contributed by atoms with van der Waals surface area (Å²) in [6.45, 7) is 7.49. The summed E-state index contributed by atoms with van der Waals surface area (Å²) in [6.07, 6.45) is 18.0. The molecule has 3 N–H and O–H groups in total. The van der Waals surface area contributed by atoms with Crippen LogP contribution in [0.1, 0.15) is 85.5 Å². The Morgan fingerprint density at radius 2 is 1.84 bits per heavy atom. The number of aliphatic hydroxyl groups is 2. The maximum atomic E-state index is 11.9. The fourth-order valence-electron chi connectivity index (χ4n) is 3.83. The van der Waals surface area contributed by atoms with Crippen molar-refractivity contribution in [3.63, 3.8) is 0 Å². The van der Waals surface area contributed by atoms with Crippen LogP contribution in [-0.2, 0) is 4.79 Å². The first-order valence-electron chi connectivity index (χ1n) is 11.9. The molecular weight excluding hydrogens is 386 g/mol. The van der Waals surface area contributed by atoms with E-state index in [0.717, 1.165) is 17.9 Å². The lowest BCUT2D eigenvalue weighted by Gasteiger charge is -2.21. The summed E-state index contributed by atoms with van der Waals surface area (Å²) in [6, 6.07) is -0.242. The van der Waals surface area contributed by atoms with Crippen molar-refractivity contribution in [1.82, 2.24) is 5.32 Å². The Kier molecular flexibility index (Phi) is 13.9. The van der Waals surface area contributed by atoms with Gasteiger partial charge in [0.05, 0.1) is 12.7 Å². The van der Waals surface area contributed by atoms with Crippen molar-refractivity contribution in [3.05, 3.63) is 35.5 Å². The van der Waals surface area contributed by atoms with Crippen LogP contribution in [0.4, 0.5) is 0 Å². The van der Waals surface area contributed by atoms with Gasteiger partial charge in [-0.1, -0.05) is 69.1 Å². The summed E-state index contributed by atoms with van der Waals surface area (Å²) in [4.78, 5) is 11.9. The molecule has 31 heavy (non-hydrogen) atoms. The highest BCUT2D eigenvalue weighted by molar-refractivity contribution is 5.92. The van der Waals surface area contributed by atoms with Crippen LogP contribution in [0.15, 0.2) is 35.5 Å². The molecule has 1 amide bonds. The molecular formula is C27H43NO3. The molecule has 1 fully saturated rings. The second kappa shape index (κ2) is 15.9. The highest BCUT2D eigenvalue weighted by atomic mass is 16.3. The summed E-state index contributed by atoms with van der Waals surface area (Å²) in [5.41, 5.74) is 1.69. The van der Waals surface area contributed by atoms with Gasteiger partial charge in [-0.05, 0) is 57.6 Å². The molecule has 0 heterocycles. The van der Waals surface area contributed by atoms with Gasteiger partial charge in [0.2, 0.25) is 5.91 Å². The zero-order valence-electron chi connectivity index (χ0n) is 20.0. The summed E-state index contributed by atoms with van der Waals surface area (Å²) in [7, 11) is 0. The van der Waals surface area contributed by atoms with Gasteiger partial charge >= 0.3 is 0 Å². The van der Waals surface area contributed by atoms with E-state index in [4.69, 9.17) is 5.11 Å². The topological polar surface area (TPSA) is 69.6 Å². The Morgan fingerprint density at radius 3 is 2.52 bits per heavy atom. The number of hydrogen-bond acceptors (Lipinski definition) is 3. The molecule has 1 rings (SSSR count). The van der Waals surface area contributed by atoms with Gasteiger partial charge in [0.15, 0.2) is 0 Å². The second-order valence-corrected chi connectivity index (χ2v) is 9.00. The fraction of sp³-hybridized carbons (Fsp3) is 0.667. The molecule has 4 heteroatoms. The maximum absolute atomic E-state index is 11.9. The van der Waals surface area contributed by atoms with E-state index in [9.17, 15) is 9.90 Å². The molecule has 0 aromatic rings. The Balaban J connectivity index is 2.33. The number of carbonyl (C=O) groups excluding carboxylic acids is 1. The van der Waals surface area contributed by atoms with E-state index in [-0.39, 0.29) is 24.5 Å². The average Bonchev–Trinajstić information content (AvgIpc) is 2.77. The number of hydrogen-bond donors (Lipinski definition) is 3. The minimum atomic E-state index is -0.463. The van der Waals surface area contributed by atoms with Crippen LogP contribution in [-0.4, -0.2) is 34.9 Å². The smallest absolute Gasteiger partial charge is 0.246 e. The number of nitrogens with one attached hydrogen (secondary N) is 1. The fourth-order valence-corrected chi connectivity index (χ4v) is 3.83. The third-order valence-corrected chi connectivity index (χ3v) is 6.05. The van der Waals surface area contributed by atoms with Crippen molar-refractivity contribution >= 4 is 5.91 Å². The van der Waals surface area contributed by atoms with E-state index in [0.29, 0.717) is 18.4 Å². The number of rotatable bonds is 11. The van der Waals surface area contributed by atoms with Crippen LogP contribution in [0.2, 0.25) is 0 Å². The molecule has 0 radical (unpaired) electrons. The van der Waals surface area contributed by atoms with E-state index in [1.807, 2.05) is 32.1 Å². The molecule has 0 spiro atoms. The molecule has 0 unspecified atom stereocenters. The van der Waals surface area contributed by atoms with E-state index < -0.39 is 6.10 Å². The minimum absolute atomic E-state index is 0.0274. The van der Waals surface area contributed by atoms with Crippen LogP contribution in [0, 0.1) is 23.7 Å². The molecule has 0 aromatic carbocycles. The quantitative estimate of drug-likeness (QED) is 0.186. The first-order chi connectivity index (χ1) is 14.8. The number of unbranched alkanes of at least 4 members (excludes halogenated alkanes) is 1. The van der Waals surface area contributed by atoms with Gasteiger partial charge in [-0.2, -0.15) is 0 Å². The van der Waals surface area contributed by atoms with Crippen LogP contribution in [0.3, 0.4) is 0 Å². The van der Waals surface area contributed by atoms with Crippen molar-refractivity contribution in [1.29, 1.82) is 0 Å². The first-order valence-corrected chi connectivity index (χ1v) is 11.9. The first kappa shape index (κ1) is 27.2. The summed E-state index contributed by atoms with van der Waals surface area (Å²) >= 11 is 0. The summed E-state index contributed by atoms with van der Waals surface area (Å²) in [5.74, 6) is 6.84. The Labute approximate surface area is 189 Å². The third kappa shape index (κ3) is 12.0. The van der Waals surface area contributed by atoms with Gasteiger partial charge in [0.1, 0.15) is 0 Å². The molecule has 174 valence electrons. The van der Waals surface area contributed by atoms with Crippen molar-refractivity contribution in [3.8, 4) is 11.8 Å². The molecule has 3 atom stereocenters. The molecule has 0 saturated heterocycles. The Hall–Kier alpha value is -1.83. The summed E-state index contributed by atoms with van der Waals surface area (Å²) < 4.78 is 0. The van der Waals surface area contributed by atoms with Gasteiger partial charge in [0, 0.05) is 24.0 Å². The Bertz CT molecular complexity index is 674. The van der Waals surface area contributed by atoms with Gasteiger partial charge in [0.25, 0.3) is 0 Å². The van der Waals surface area contributed by atoms with Gasteiger partial charge in [-0.3, -0.25) is 4.79 Å². The van der Waals surface area contributed by atoms with Crippen LogP contribution < -0.4 is 5.32 Å². The molecule has 0 aliphatic heterocycles. The normalized spacial score (nSPS) is 18.9. The molecule has 4 nitrogen and oxygen atoms in total. The van der Waals surface area contributed by atoms with Crippen molar-refractivity contribution < 1.29 is 15.0 Å². The van der Waals surface area contributed by atoms with Crippen molar-refractivity contribution in [2.75, 3.05) is 6.61 Å². The highest BCUT2D eigenvalue weighted by Crippen LogP contribution is 2.27. The lowest BCUT2D eigenvalue weighted by atomic mass is 9.85. The predicted molar refractivity (Wildman–Crippen MR) is 129 cm³/mol. The summed E-state index contributed by atoms with van der Waals surface area (Å²) in [5, 5.41) is 22.2. The van der Waals surface area contributed by atoms with Gasteiger partial charge in [-0.15, -0.1) is 0 Å². The number of aliphatic hydroxyl groups excluding tert-OH is 2. The number of amides is 1. The van der Waals surface area contributed by atoms with E-state index in [2.05, 4.69) is 23.2 Å². The third-order valence-electron chi connectivity index (χ3n) is 6.05. The second-order valence-electron chi connectivity index (χ2n) is 9.00. The van der Waals surface area contributed by atoms with Crippen LogP contribution >= 0.6 is 0 Å². The minimum Gasteiger partial charge on any atom is -0.394 e. The monoisotopic (exact) mass is 429 g/mol. The maximum Gasteiger partial charge on any atom is 0.246 e. The zero-order chi connectivity index (χ0) is 23.1.